The number of thioether (sulfide) groups is 1. The summed E-state index contributed by atoms with van der Waals surface area (Å²) in [6, 6.07) is -2.36. The Kier molecular flexibility index (Phi) is 9.57. The number of hydrogen-bond donors (Lipinski definition) is 4. The second kappa shape index (κ2) is 11.1. The van der Waals surface area contributed by atoms with Crippen molar-refractivity contribution in [2.45, 2.75) is 51.2 Å². The molecule has 27 heavy (non-hydrogen) atoms. The first-order valence-electron chi connectivity index (χ1n) is 9.03. The quantitative estimate of drug-likeness (QED) is 0.382. The molecular formula is C17H30N4O5S. The van der Waals surface area contributed by atoms with E-state index in [0.717, 1.165) is 5.75 Å². The Morgan fingerprint density at radius 3 is 2.48 bits per heavy atom. The molecule has 9 nitrogen and oxygen atoms in total. The fraction of sp³-hybridized carbons (Fsp3) is 0.765. The molecule has 0 aromatic carbocycles. The molecule has 1 rings (SSSR count). The predicted molar refractivity (Wildman–Crippen MR) is 103 cm³/mol. The fourth-order valence-electron chi connectivity index (χ4n) is 2.87. The van der Waals surface area contributed by atoms with Gasteiger partial charge in [-0.05, 0) is 37.2 Å². The number of nitrogens with zero attached hydrogens (tertiary/aromatic N) is 1. The minimum atomic E-state index is -1.04. The molecular weight excluding hydrogens is 372 g/mol. The predicted octanol–water partition coefficient (Wildman–Crippen LogP) is -0.601. The summed E-state index contributed by atoms with van der Waals surface area (Å²) in [6.45, 7) is 3.61. The number of carbonyl (C=O) groups is 4. The average Bonchev–Trinajstić information content (AvgIpc) is 3.11. The van der Waals surface area contributed by atoms with Crippen molar-refractivity contribution in [3.05, 3.63) is 0 Å². The number of likely N-dealkylation sites (tertiary alicyclic amines) is 1. The molecule has 0 saturated carbocycles. The van der Waals surface area contributed by atoms with Gasteiger partial charge in [-0.1, -0.05) is 13.8 Å². The van der Waals surface area contributed by atoms with Gasteiger partial charge in [0.05, 0.1) is 12.6 Å². The van der Waals surface area contributed by atoms with Crippen LogP contribution in [0.25, 0.3) is 0 Å². The van der Waals surface area contributed by atoms with Gasteiger partial charge in [-0.15, -0.1) is 0 Å². The zero-order valence-electron chi connectivity index (χ0n) is 16.1. The second-order valence-electron chi connectivity index (χ2n) is 6.92. The number of carbonyl (C=O) groups excluding carboxylic acids is 3. The normalized spacial score (nSPS) is 18.9. The molecule has 1 aliphatic heterocycles. The first-order valence-corrected chi connectivity index (χ1v) is 10.4. The van der Waals surface area contributed by atoms with Crippen LogP contribution in [0.5, 0.6) is 0 Å². The maximum atomic E-state index is 12.4. The zero-order chi connectivity index (χ0) is 20.6. The van der Waals surface area contributed by atoms with E-state index in [2.05, 4.69) is 10.6 Å². The lowest BCUT2D eigenvalue weighted by molar-refractivity contribution is -0.148. The molecule has 0 aromatic heterocycles. The molecule has 3 amide bonds. The van der Waals surface area contributed by atoms with Gasteiger partial charge in [-0.3, -0.25) is 14.4 Å². The monoisotopic (exact) mass is 402 g/mol. The van der Waals surface area contributed by atoms with Crippen LogP contribution in [0.3, 0.4) is 0 Å². The number of carboxylic acid groups (broad SMARTS) is 1. The van der Waals surface area contributed by atoms with E-state index >= 15 is 0 Å². The van der Waals surface area contributed by atoms with E-state index in [9.17, 15) is 19.2 Å². The lowest BCUT2D eigenvalue weighted by Gasteiger charge is -2.25. The summed E-state index contributed by atoms with van der Waals surface area (Å²) in [5.74, 6) is -1.85. The van der Waals surface area contributed by atoms with Gasteiger partial charge >= 0.3 is 5.97 Å². The number of amides is 3. The number of nitrogens with two attached hydrogens (primary N) is 1. The van der Waals surface area contributed by atoms with Crippen LogP contribution in [0.2, 0.25) is 0 Å². The molecule has 0 spiro atoms. The third-order valence-corrected chi connectivity index (χ3v) is 5.13. The molecule has 154 valence electrons. The number of aliphatic carboxylic acids is 1. The minimum Gasteiger partial charge on any atom is -0.480 e. The van der Waals surface area contributed by atoms with Crippen molar-refractivity contribution in [2.75, 3.05) is 25.1 Å². The summed E-state index contributed by atoms with van der Waals surface area (Å²) >= 11 is 1.58. The molecule has 1 aliphatic rings. The van der Waals surface area contributed by atoms with E-state index in [1.54, 1.807) is 25.6 Å². The Morgan fingerprint density at radius 2 is 1.93 bits per heavy atom. The van der Waals surface area contributed by atoms with Crippen molar-refractivity contribution >= 4 is 35.5 Å². The minimum absolute atomic E-state index is 0.199. The van der Waals surface area contributed by atoms with E-state index in [4.69, 9.17) is 10.8 Å². The van der Waals surface area contributed by atoms with Crippen LogP contribution >= 0.6 is 11.8 Å². The molecule has 3 atom stereocenters. The Labute approximate surface area is 163 Å². The summed E-state index contributed by atoms with van der Waals surface area (Å²) in [7, 11) is 0. The molecule has 0 aliphatic carbocycles. The first-order chi connectivity index (χ1) is 12.7. The molecule has 5 N–H and O–H groups in total. The summed E-state index contributed by atoms with van der Waals surface area (Å²) in [5.41, 5.74) is 5.83. The average molecular weight is 403 g/mol. The Bertz CT molecular complexity index is 557. The Hall–Kier alpha value is -1.81. The first kappa shape index (κ1) is 23.2. The number of rotatable bonds is 10. The topological polar surface area (TPSA) is 142 Å². The van der Waals surface area contributed by atoms with Crippen LogP contribution in [0.15, 0.2) is 0 Å². The van der Waals surface area contributed by atoms with Crippen LogP contribution in [0, 0.1) is 5.92 Å². The Balaban J connectivity index is 2.59. The molecule has 1 fully saturated rings. The van der Waals surface area contributed by atoms with E-state index < -0.39 is 41.8 Å². The van der Waals surface area contributed by atoms with Crippen molar-refractivity contribution < 1.29 is 24.3 Å². The number of nitrogens with one attached hydrogen (secondary N) is 2. The summed E-state index contributed by atoms with van der Waals surface area (Å²) in [6.07, 6.45) is 3.45. The molecule has 3 unspecified atom stereocenters. The van der Waals surface area contributed by atoms with Gasteiger partial charge in [-0.2, -0.15) is 11.8 Å². The van der Waals surface area contributed by atoms with Crippen LogP contribution in [0.1, 0.15) is 33.1 Å². The molecule has 0 aromatic rings. The molecule has 0 radical (unpaired) electrons. The highest BCUT2D eigenvalue weighted by Gasteiger charge is 2.34. The van der Waals surface area contributed by atoms with E-state index in [1.165, 1.54) is 4.90 Å². The molecule has 1 saturated heterocycles. The van der Waals surface area contributed by atoms with Gasteiger partial charge in [-0.25, -0.2) is 4.79 Å². The highest BCUT2D eigenvalue weighted by atomic mass is 32.2. The van der Waals surface area contributed by atoms with Crippen molar-refractivity contribution in [3.63, 3.8) is 0 Å². The summed E-state index contributed by atoms with van der Waals surface area (Å²) in [4.78, 5) is 49.3. The van der Waals surface area contributed by atoms with Gasteiger partial charge in [0.15, 0.2) is 0 Å². The maximum Gasteiger partial charge on any atom is 0.326 e. The van der Waals surface area contributed by atoms with Gasteiger partial charge in [0.25, 0.3) is 0 Å². The zero-order valence-corrected chi connectivity index (χ0v) is 16.9. The van der Waals surface area contributed by atoms with E-state index in [1.807, 2.05) is 6.26 Å². The van der Waals surface area contributed by atoms with E-state index in [-0.39, 0.29) is 12.5 Å². The maximum absolute atomic E-state index is 12.4. The van der Waals surface area contributed by atoms with Gasteiger partial charge in [0.1, 0.15) is 12.1 Å². The Morgan fingerprint density at radius 1 is 1.26 bits per heavy atom. The fourth-order valence-corrected chi connectivity index (χ4v) is 3.36. The van der Waals surface area contributed by atoms with Crippen LogP contribution < -0.4 is 16.4 Å². The summed E-state index contributed by atoms with van der Waals surface area (Å²) < 4.78 is 0. The second-order valence-corrected chi connectivity index (χ2v) is 7.91. The lowest BCUT2D eigenvalue weighted by Crippen LogP contribution is -2.55. The van der Waals surface area contributed by atoms with Crippen LogP contribution in [-0.4, -0.2) is 76.9 Å². The third-order valence-electron chi connectivity index (χ3n) is 4.49. The highest BCUT2D eigenvalue weighted by Crippen LogP contribution is 2.17. The largest absolute Gasteiger partial charge is 0.480 e. The smallest absolute Gasteiger partial charge is 0.326 e. The van der Waals surface area contributed by atoms with Crippen molar-refractivity contribution in [1.29, 1.82) is 0 Å². The number of hydrogen-bond acceptors (Lipinski definition) is 6. The van der Waals surface area contributed by atoms with Crippen molar-refractivity contribution in [2.24, 2.45) is 11.7 Å². The third kappa shape index (κ3) is 7.02. The van der Waals surface area contributed by atoms with Crippen LogP contribution in [0.4, 0.5) is 0 Å². The highest BCUT2D eigenvalue weighted by molar-refractivity contribution is 7.98. The SMILES string of the molecule is CSCCC(N)C(=O)NC(C(=O)NCC(=O)N1CCCC1C(=O)O)C(C)C. The van der Waals surface area contributed by atoms with Gasteiger partial charge < -0.3 is 26.4 Å². The van der Waals surface area contributed by atoms with Gasteiger partial charge in [0.2, 0.25) is 17.7 Å². The number of carboxylic acids is 1. The summed E-state index contributed by atoms with van der Waals surface area (Å²) in [5, 5.41) is 14.3. The molecule has 10 heteroatoms. The van der Waals surface area contributed by atoms with E-state index in [0.29, 0.717) is 25.8 Å². The van der Waals surface area contributed by atoms with Crippen molar-refractivity contribution in [1.82, 2.24) is 15.5 Å². The van der Waals surface area contributed by atoms with Crippen LogP contribution in [-0.2, 0) is 19.2 Å². The van der Waals surface area contributed by atoms with Gasteiger partial charge in [0, 0.05) is 6.54 Å². The lowest BCUT2D eigenvalue weighted by atomic mass is 10.0. The standard InChI is InChI=1S/C17H30N4O5S/c1-10(2)14(20-15(23)11(18)6-8-27-3)16(24)19-9-13(22)21-7-4-5-12(21)17(25)26/h10-12,14H,4-9,18H2,1-3H3,(H,19,24)(H,20,23)(H,25,26). The van der Waals surface area contributed by atoms with Crippen molar-refractivity contribution in [3.8, 4) is 0 Å². The molecule has 0 bridgehead atoms. The molecule has 1 heterocycles.